The van der Waals surface area contributed by atoms with Gasteiger partial charge in [-0.2, -0.15) is 4.98 Å². The Bertz CT molecular complexity index is 873. The lowest BCUT2D eigenvalue weighted by molar-refractivity contribution is 0.0824. The van der Waals surface area contributed by atoms with E-state index in [4.69, 9.17) is 0 Å². The largest absolute Gasteiger partial charge is 0.365 e. The van der Waals surface area contributed by atoms with Crippen molar-refractivity contribution in [2.24, 2.45) is 11.8 Å². The third-order valence-electron chi connectivity index (χ3n) is 6.39. The second-order valence-electron chi connectivity index (χ2n) is 9.04. The maximum Gasteiger partial charge on any atom is 0.227 e. The summed E-state index contributed by atoms with van der Waals surface area (Å²) >= 11 is 2.14. The summed E-state index contributed by atoms with van der Waals surface area (Å²) in [5.74, 6) is 1.72. The van der Waals surface area contributed by atoms with Gasteiger partial charge in [0.05, 0.1) is 3.57 Å². The van der Waals surface area contributed by atoms with Gasteiger partial charge in [-0.3, -0.25) is 4.90 Å². The molecule has 0 radical (unpaired) electrons. The van der Waals surface area contributed by atoms with Gasteiger partial charge in [0.25, 0.3) is 0 Å². The molecule has 2 saturated heterocycles. The van der Waals surface area contributed by atoms with Crippen molar-refractivity contribution in [3.8, 4) is 0 Å². The van der Waals surface area contributed by atoms with Crippen LogP contribution in [0.3, 0.4) is 0 Å². The van der Waals surface area contributed by atoms with Crippen LogP contribution in [0.1, 0.15) is 38.7 Å². The van der Waals surface area contributed by atoms with Gasteiger partial charge >= 0.3 is 0 Å². The van der Waals surface area contributed by atoms with Crippen molar-refractivity contribution in [3.05, 3.63) is 45.2 Å². The van der Waals surface area contributed by atoms with E-state index in [-0.39, 0.29) is 12.1 Å². The van der Waals surface area contributed by atoms with Crippen LogP contribution < -0.4 is 10.2 Å². The standard InChI is InChI=1S/C23H30F2IN5/c1-15-10-16(2)14-31(13-15)17-6-8-30(9-7-17)23-28-12-21(26)22(29-23)27-11-18-19(24)4-3-5-20(18)25/h3-5,12,15-17H,6-11,13-14H2,1-2H3,(H,27,28,29). The van der Waals surface area contributed by atoms with Gasteiger partial charge in [-0.05, 0) is 65.8 Å². The second-order valence-corrected chi connectivity index (χ2v) is 10.2. The normalized spacial score (nSPS) is 23.2. The molecule has 2 aliphatic heterocycles. The summed E-state index contributed by atoms with van der Waals surface area (Å²) in [6, 6.07) is 4.54. The SMILES string of the molecule is CC1CC(C)CN(C2CCN(c3ncc(I)c(NCc4c(F)cccc4F)n3)CC2)C1. The summed E-state index contributed by atoms with van der Waals surface area (Å²) in [7, 11) is 0. The van der Waals surface area contributed by atoms with Crippen molar-refractivity contribution in [1.29, 1.82) is 0 Å². The number of hydrogen-bond acceptors (Lipinski definition) is 5. The highest BCUT2D eigenvalue weighted by atomic mass is 127. The molecule has 2 aromatic rings. The fraction of sp³-hybridized carbons (Fsp3) is 0.565. The van der Waals surface area contributed by atoms with Crippen LogP contribution in [0.15, 0.2) is 24.4 Å². The average Bonchev–Trinajstić information content (AvgIpc) is 2.74. The second kappa shape index (κ2) is 9.94. The molecule has 2 unspecified atom stereocenters. The molecule has 0 spiro atoms. The molecular weight excluding hydrogens is 511 g/mol. The number of hydrogen-bond donors (Lipinski definition) is 1. The first kappa shape index (κ1) is 22.6. The zero-order chi connectivity index (χ0) is 22.0. The Hall–Kier alpha value is -1.55. The molecule has 1 aromatic heterocycles. The zero-order valence-corrected chi connectivity index (χ0v) is 20.3. The average molecular weight is 541 g/mol. The monoisotopic (exact) mass is 541 g/mol. The molecule has 2 fully saturated rings. The van der Waals surface area contributed by atoms with E-state index in [9.17, 15) is 8.78 Å². The van der Waals surface area contributed by atoms with Crippen molar-refractivity contribution in [2.75, 3.05) is 36.4 Å². The molecule has 31 heavy (non-hydrogen) atoms. The lowest BCUT2D eigenvalue weighted by Gasteiger charge is -2.43. The van der Waals surface area contributed by atoms with E-state index < -0.39 is 11.6 Å². The minimum Gasteiger partial charge on any atom is -0.365 e. The summed E-state index contributed by atoms with van der Waals surface area (Å²) < 4.78 is 28.7. The van der Waals surface area contributed by atoms with E-state index in [1.54, 1.807) is 6.20 Å². The Balaban J connectivity index is 1.38. The summed E-state index contributed by atoms with van der Waals surface area (Å²) in [6.45, 7) is 9.01. The maximum absolute atomic E-state index is 13.9. The van der Waals surface area contributed by atoms with Gasteiger partial charge in [-0.15, -0.1) is 0 Å². The highest BCUT2D eigenvalue weighted by Crippen LogP contribution is 2.28. The van der Waals surface area contributed by atoms with Crippen LogP contribution in [-0.4, -0.2) is 47.1 Å². The molecule has 168 valence electrons. The van der Waals surface area contributed by atoms with Crippen LogP contribution in [0.5, 0.6) is 0 Å². The van der Waals surface area contributed by atoms with Crippen LogP contribution in [-0.2, 0) is 6.54 Å². The van der Waals surface area contributed by atoms with E-state index in [1.807, 2.05) is 0 Å². The smallest absolute Gasteiger partial charge is 0.227 e. The van der Waals surface area contributed by atoms with Crippen LogP contribution in [0.2, 0.25) is 0 Å². The molecule has 0 amide bonds. The minimum absolute atomic E-state index is 0.0178. The molecule has 1 N–H and O–H groups in total. The molecule has 2 aliphatic rings. The Labute approximate surface area is 196 Å². The Morgan fingerprint density at radius 2 is 1.74 bits per heavy atom. The quantitative estimate of drug-likeness (QED) is 0.545. The molecule has 0 saturated carbocycles. The molecule has 0 aliphatic carbocycles. The lowest BCUT2D eigenvalue weighted by atomic mass is 9.89. The van der Waals surface area contributed by atoms with Crippen LogP contribution in [0, 0.1) is 27.0 Å². The first-order valence-electron chi connectivity index (χ1n) is 11.1. The summed E-state index contributed by atoms with van der Waals surface area (Å²) in [5.41, 5.74) is 0.0178. The lowest BCUT2D eigenvalue weighted by Crippen LogP contribution is -2.50. The van der Waals surface area contributed by atoms with E-state index >= 15 is 0 Å². The van der Waals surface area contributed by atoms with Crippen molar-refractivity contribution in [3.63, 3.8) is 0 Å². The highest BCUT2D eigenvalue weighted by Gasteiger charge is 2.30. The van der Waals surface area contributed by atoms with Crippen molar-refractivity contribution in [2.45, 2.75) is 45.7 Å². The zero-order valence-electron chi connectivity index (χ0n) is 18.1. The van der Waals surface area contributed by atoms with Gasteiger partial charge in [-0.1, -0.05) is 19.9 Å². The van der Waals surface area contributed by atoms with Crippen molar-refractivity contribution in [1.82, 2.24) is 14.9 Å². The number of nitrogens with zero attached hydrogens (tertiary/aromatic N) is 4. The summed E-state index contributed by atoms with van der Waals surface area (Å²) in [6.07, 6.45) is 5.32. The number of likely N-dealkylation sites (tertiary alicyclic amines) is 1. The van der Waals surface area contributed by atoms with Gasteiger partial charge in [-0.25, -0.2) is 13.8 Å². The number of halogens is 3. The fourth-order valence-corrected chi connectivity index (χ4v) is 5.40. The highest BCUT2D eigenvalue weighted by molar-refractivity contribution is 14.1. The van der Waals surface area contributed by atoms with Crippen molar-refractivity contribution < 1.29 is 8.78 Å². The van der Waals surface area contributed by atoms with Gasteiger partial charge in [0.1, 0.15) is 17.5 Å². The molecule has 0 bridgehead atoms. The number of aromatic nitrogens is 2. The predicted molar refractivity (Wildman–Crippen MR) is 128 cm³/mol. The molecule has 5 nitrogen and oxygen atoms in total. The van der Waals surface area contributed by atoms with Gasteiger partial charge < -0.3 is 10.2 Å². The summed E-state index contributed by atoms with van der Waals surface area (Å²) in [5, 5.41) is 3.09. The molecule has 8 heteroatoms. The van der Waals surface area contributed by atoms with E-state index in [2.05, 4.69) is 61.5 Å². The van der Waals surface area contributed by atoms with E-state index in [0.29, 0.717) is 17.8 Å². The van der Waals surface area contributed by atoms with Crippen LogP contribution in [0.25, 0.3) is 0 Å². The Morgan fingerprint density at radius 1 is 1.10 bits per heavy atom. The molecule has 3 heterocycles. The molecule has 2 atom stereocenters. The molecule has 4 rings (SSSR count). The topological polar surface area (TPSA) is 44.3 Å². The predicted octanol–water partition coefficient (Wildman–Crippen LogP) is 4.92. The molecular formula is C23H30F2IN5. The Kier molecular flexibility index (Phi) is 7.26. The van der Waals surface area contributed by atoms with E-state index in [0.717, 1.165) is 41.3 Å². The number of anilines is 2. The van der Waals surface area contributed by atoms with Crippen molar-refractivity contribution >= 4 is 34.4 Å². The third-order valence-corrected chi connectivity index (χ3v) is 7.18. The van der Waals surface area contributed by atoms with Gasteiger partial charge in [0.15, 0.2) is 0 Å². The van der Waals surface area contributed by atoms with Gasteiger partial charge in [0, 0.05) is 50.5 Å². The first-order chi connectivity index (χ1) is 14.9. The summed E-state index contributed by atoms with van der Waals surface area (Å²) in [4.78, 5) is 14.1. The maximum atomic E-state index is 13.9. The fourth-order valence-electron chi connectivity index (χ4n) is 4.95. The number of nitrogens with one attached hydrogen (secondary N) is 1. The Morgan fingerprint density at radius 3 is 2.39 bits per heavy atom. The third kappa shape index (κ3) is 5.45. The van der Waals surface area contributed by atoms with Crippen LogP contribution >= 0.6 is 22.6 Å². The number of benzene rings is 1. The van der Waals surface area contributed by atoms with Crippen LogP contribution in [0.4, 0.5) is 20.5 Å². The minimum atomic E-state index is -0.555. The number of piperidine rings is 2. The molecule has 1 aromatic carbocycles. The first-order valence-corrected chi connectivity index (χ1v) is 12.2. The van der Waals surface area contributed by atoms with E-state index in [1.165, 1.54) is 37.7 Å². The van der Waals surface area contributed by atoms with Gasteiger partial charge in [0.2, 0.25) is 5.95 Å². The number of rotatable bonds is 5.